The molecule has 4 rings (SSSR count). The van der Waals surface area contributed by atoms with Gasteiger partial charge in [0.1, 0.15) is 17.5 Å². The van der Waals surface area contributed by atoms with Gasteiger partial charge in [0.25, 0.3) is 0 Å². The zero-order valence-electron chi connectivity index (χ0n) is 16.5. The van der Waals surface area contributed by atoms with E-state index < -0.39 is 0 Å². The first-order valence-corrected chi connectivity index (χ1v) is 10.0. The number of benzene rings is 2. The number of carbonyl (C=O) groups excluding carboxylic acids is 1. The highest BCUT2D eigenvalue weighted by molar-refractivity contribution is 7.09. The Hall–Kier alpha value is -3.13. The second kappa shape index (κ2) is 8.08. The van der Waals surface area contributed by atoms with Crippen LogP contribution >= 0.6 is 11.5 Å². The fourth-order valence-corrected chi connectivity index (χ4v) is 4.12. The third-order valence-electron chi connectivity index (χ3n) is 5.04. The van der Waals surface area contributed by atoms with Crippen LogP contribution in [0.15, 0.2) is 48.5 Å². The van der Waals surface area contributed by atoms with Crippen LogP contribution in [0.5, 0.6) is 11.5 Å². The zero-order chi connectivity index (χ0) is 20.4. The maximum absolute atomic E-state index is 13.2. The molecule has 7 nitrogen and oxygen atoms in total. The molecule has 0 N–H and O–H groups in total. The minimum atomic E-state index is -0.288. The lowest BCUT2D eigenvalue weighted by Crippen LogP contribution is -2.39. The molecule has 1 fully saturated rings. The molecule has 150 valence electrons. The lowest BCUT2D eigenvalue weighted by molar-refractivity contribution is -0.118. The molecule has 1 amide bonds. The maximum Gasteiger partial charge on any atom is 0.249 e. The van der Waals surface area contributed by atoms with E-state index in [0.29, 0.717) is 30.3 Å². The molecule has 1 saturated heterocycles. The quantitative estimate of drug-likeness (QED) is 0.620. The first-order chi connectivity index (χ1) is 14.1. The molecule has 1 aliphatic rings. The summed E-state index contributed by atoms with van der Waals surface area (Å²) in [6.07, 6.45) is 0.703. The molecular formula is C21H22N4O3S. The van der Waals surface area contributed by atoms with Crippen molar-refractivity contribution in [3.8, 4) is 22.9 Å². The van der Waals surface area contributed by atoms with Gasteiger partial charge in [-0.3, -0.25) is 4.79 Å². The molecule has 3 aromatic rings. The fourth-order valence-electron chi connectivity index (χ4n) is 3.43. The van der Waals surface area contributed by atoms with Crippen molar-refractivity contribution in [3.63, 3.8) is 0 Å². The predicted octanol–water partition coefficient (Wildman–Crippen LogP) is 3.46. The SMILES string of the molecule is COc1cc(OC)cc(N2CCC(N(C)c3nc(-c4ccccc4)ns3)C2=O)c1. The van der Waals surface area contributed by atoms with Gasteiger partial charge in [0, 0.05) is 48.9 Å². The number of hydrogen-bond donors (Lipinski definition) is 0. The van der Waals surface area contributed by atoms with Gasteiger partial charge in [-0.15, -0.1) is 0 Å². The van der Waals surface area contributed by atoms with Gasteiger partial charge in [0.05, 0.1) is 19.9 Å². The lowest BCUT2D eigenvalue weighted by Gasteiger charge is -2.23. The number of anilines is 2. The molecule has 0 radical (unpaired) electrons. The number of likely N-dealkylation sites (N-methyl/N-ethyl adjacent to an activating group) is 1. The van der Waals surface area contributed by atoms with Crippen LogP contribution in [-0.4, -0.2) is 49.1 Å². The van der Waals surface area contributed by atoms with E-state index in [9.17, 15) is 4.79 Å². The summed E-state index contributed by atoms with van der Waals surface area (Å²) in [7, 11) is 5.09. The molecule has 1 unspecified atom stereocenters. The van der Waals surface area contributed by atoms with Gasteiger partial charge >= 0.3 is 0 Å². The van der Waals surface area contributed by atoms with E-state index in [1.165, 1.54) is 11.5 Å². The molecule has 0 aliphatic carbocycles. The minimum Gasteiger partial charge on any atom is -0.497 e. The Morgan fingerprint density at radius 3 is 2.45 bits per heavy atom. The molecule has 8 heteroatoms. The monoisotopic (exact) mass is 410 g/mol. The number of rotatable bonds is 6. The Labute approximate surface area is 173 Å². The molecule has 2 heterocycles. The number of aromatic nitrogens is 2. The Kier molecular flexibility index (Phi) is 5.35. The van der Waals surface area contributed by atoms with Crippen LogP contribution in [0.4, 0.5) is 10.8 Å². The van der Waals surface area contributed by atoms with Gasteiger partial charge in [-0.25, -0.2) is 0 Å². The smallest absolute Gasteiger partial charge is 0.249 e. The summed E-state index contributed by atoms with van der Waals surface area (Å²) in [5.41, 5.74) is 1.73. The van der Waals surface area contributed by atoms with Crippen LogP contribution in [0.3, 0.4) is 0 Å². The topological polar surface area (TPSA) is 67.8 Å². The van der Waals surface area contributed by atoms with E-state index in [2.05, 4.69) is 9.36 Å². The van der Waals surface area contributed by atoms with Crippen molar-refractivity contribution in [1.82, 2.24) is 9.36 Å². The number of hydrogen-bond acceptors (Lipinski definition) is 7. The summed E-state index contributed by atoms with van der Waals surface area (Å²) in [6.45, 7) is 0.620. The van der Waals surface area contributed by atoms with Crippen LogP contribution in [0.25, 0.3) is 11.4 Å². The molecule has 1 atom stereocenters. The Balaban J connectivity index is 1.54. The van der Waals surface area contributed by atoms with Crippen molar-refractivity contribution < 1.29 is 14.3 Å². The Morgan fingerprint density at radius 1 is 1.10 bits per heavy atom. The van der Waals surface area contributed by atoms with Gasteiger partial charge in [-0.2, -0.15) is 9.36 Å². The van der Waals surface area contributed by atoms with Crippen LogP contribution in [0.2, 0.25) is 0 Å². The predicted molar refractivity (Wildman–Crippen MR) is 114 cm³/mol. The van der Waals surface area contributed by atoms with Crippen LogP contribution in [0.1, 0.15) is 6.42 Å². The van der Waals surface area contributed by atoms with E-state index in [-0.39, 0.29) is 11.9 Å². The largest absolute Gasteiger partial charge is 0.497 e. The van der Waals surface area contributed by atoms with Crippen molar-refractivity contribution >= 4 is 28.3 Å². The first-order valence-electron chi connectivity index (χ1n) is 9.27. The van der Waals surface area contributed by atoms with Crippen LogP contribution in [-0.2, 0) is 4.79 Å². The molecule has 0 bridgehead atoms. The van der Waals surface area contributed by atoms with E-state index >= 15 is 0 Å². The molecular weight excluding hydrogens is 388 g/mol. The highest BCUT2D eigenvalue weighted by Gasteiger charge is 2.37. The molecule has 1 aromatic heterocycles. The summed E-state index contributed by atoms with van der Waals surface area (Å²) >= 11 is 1.30. The Morgan fingerprint density at radius 2 is 1.79 bits per heavy atom. The van der Waals surface area contributed by atoms with Gasteiger partial charge in [0.2, 0.25) is 11.0 Å². The van der Waals surface area contributed by atoms with E-state index in [4.69, 9.17) is 9.47 Å². The first kappa shape index (κ1) is 19.2. The maximum atomic E-state index is 13.2. The number of nitrogens with zero attached hydrogens (tertiary/aromatic N) is 4. The van der Waals surface area contributed by atoms with Crippen molar-refractivity contribution in [2.75, 3.05) is 37.6 Å². The van der Waals surface area contributed by atoms with E-state index in [1.54, 1.807) is 25.2 Å². The van der Waals surface area contributed by atoms with Crippen molar-refractivity contribution in [1.29, 1.82) is 0 Å². The second-order valence-electron chi connectivity index (χ2n) is 6.74. The van der Waals surface area contributed by atoms with Crippen molar-refractivity contribution in [2.45, 2.75) is 12.5 Å². The van der Waals surface area contributed by atoms with Crippen molar-refractivity contribution in [3.05, 3.63) is 48.5 Å². The average Bonchev–Trinajstić information content (AvgIpc) is 3.41. The standard InChI is InChI=1S/C21H22N4O3S/c1-24(21-22-19(23-29-21)14-7-5-4-6-8-14)18-9-10-25(20(18)26)15-11-16(27-2)13-17(12-15)28-3/h4-8,11-13,18H,9-10H2,1-3H3. The summed E-state index contributed by atoms with van der Waals surface area (Å²) in [5, 5.41) is 0.729. The van der Waals surface area contributed by atoms with Crippen LogP contribution < -0.4 is 19.3 Å². The molecule has 29 heavy (non-hydrogen) atoms. The number of amides is 1. The van der Waals surface area contributed by atoms with Crippen molar-refractivity contribution in [2.24, 2.45) is 0 Å². The van der Waals surface area contributed by atoms with E-state index in [1.807, 2.05) is 54.4 Å². The Bertz CT molecular complexity index is 986. The third kappa shape index (κ3) is 3.75. The molecule has 0 saturated carbocycles. The van der Waals surface area contributed by atoms with Gasteiger partial charge in [0.15, 0.2) is 5.82 Å². The average molecular weight is 410 g/mol. The summed E-state index contributed by atoms with van der Waals surface area (Å²) in [4.78, 5) is 21.5. The highest BCUT2D eigenvalue weighted by atomic mass is 32.1. The normalized spacial score (nSPS) is 16.2. The molecule has 0 spiro atoms. The second-order valence-corrected chi connectivity index (χ2v) is 7.47. The summed E-state index contributed by atoms with van der Waals surface area (Å²) < 4.78 is 15.1. The van der Waals surface area contributed by atoms with Gasteiger partial charge < -0.3 is 19.3 Å². The molecule has 1 aliphatic heterocycles. The van der Waals surface area contributed by atoms with Gasteiger partial charge in [-0.1, -0.05) is 30.3 Å². The number of methoxy groups -OCH3 is 2. The highest BCUT2D eigenvalue weighted by Crippen LogP contribution is 2.33. The summed E-state index contributed by atoms with van der Waals surface area (Å²) in [5.74, 6) is 2.01. The van der Waals surface area contributed by atoms with E-state index in [0.717, 1.165) is 16.4 Å². The van der Waals surface area contributed by atoms with Gasteiger partial charge in [-0.05, 0) is 6.42 Å². The number of carbonyl (C=O) groups is 1. The summed E-state index contributed by atoms with van der Waals surface area (Å²) in [6, 6.07) is 15.0. The third-order valence-corrected chi connectivity index (χ3v) is 5.85. The molecule has 2 aromatic carbocycles. The lowest BCUT2D eigenvalue weighted by atomic mass is 10.2. The number of ether oxygens (including phenoxy) is 2. The fraction of sp³-hybridized carbons (Fsp3) is 0.286. The zero-order valence-corrected chi connectivity index (χ0v) is 17.3. The minimum absolute atomic E-state index is 0.0271. The van der Waals surface area contributed by atoms with Crippen LogP contribution in [0, 0.1) is 0 Å².